The molecular weight excluding hydrogens is 778 g/mol. The third-order valence-electron chi connectivity index (χ3n) is 8.42. The Kier molecular flexibility index (Phi) is 12.7. The molecule has 13 nitrogen and oxygen atoms in total. The molecule has 2 aromatic carbocycles. The summed E-state index contributed by atoms with van der Waals surface area (Å²) in [6.45, 7) is 8.24. The van der Waals surface area contributed by atoms with Crippen LogP contribution in [-0.4, -0.2) is 87.7 Å². The van der Waals surface area contributed by atoms with Crippen LogP contribution in [0.1, 0.15) is 25.3 Å². The van der Waals surface area contributed by atoms with Gasteiger partial charge >= 0.3 is 18.2 Å². The molecule has 280 valence electrons. The van der Waals surface area contributed by atoms with E-state index in [-0.39, 0.29) is 12.1 Å². The van der Waals surface area contributed by atoms with Gasteiger partial charge in [0.25, 0.3) is 0 Å². The van der Waals surface area contributed by atoms with Crippen molar-refractivity contribution in [1.29, 1.82) is 0 Å². The van der Waals surface area contributed by atoms with Crippen molar-refractivity contribution < 1.29 is 32.6 Å². The first kappa shape index (κ1) is 39.2. The van der Waals surface area contributed by atoms with Gasteiger partial charge in [0.2, 0.25) is 5.95 Å². The first-order valence-electron chi connectivity index (χ1n) is 16.5. The van der Waals surface area contributed by atoms with Crippen LogP contribution in [0.3, 0.4) is 0 Å². The van der Waals surface area contributed by atoms with E-state index in [1.165, 1.54) is 5.56 Å². The average molecular weight is 817 g/mol. The molecule has 0 atom stereocenters. The Labute approximate surface area is 313 Å². The van der Waals surface area contributed by atoms with Crippen molar-refractivity contribution in [1.82, 2.24) is 30.2 Å². The van der Waals surface area contributed by atoms with Crippen LogP contribution in [0.25, 0.3) is 11.0 Å². The molecule has 4 N–H and O–H groups in total. The number of nitrogens with zero attached hydrogens (tertiary/aromatic N) is 6. The lowest BCUT2D eigenvalue weighted by atomic mass is 10.0. The van der Waals surface area contributed by atoms with Crippen LogP contribution in [0.15, 0.2) is 71.9 Å². The fourth-order valence-electron chi connectivity index (χ4n) is 5.93. The van der Waals surface area contributed by atoms with Crippen molar-refractivity contribution in [3.63, 3.8) is 0 Å². The minimum atomic E-state index is -5.08. The summed E-state index contributed by atoms with van der Waals surface area (Å²) in [5.74, 6) is -0.978. The molecule has 0 bridgehead atoms. The molecule has 2 aliphatic heterocycles. The summed E-state index contributed by atoms with van der Waals surface area (Å²) < 4.78 is 38.3. The summed E-state index contributed by atoms with van der Waals surface area (Å²) in [4.78, 5) is 44.1. The number of aryl methyl sites for hydroxylation is 1. The van der Waals surface area contributed by atoms with E-state index in [9.17, 15) is 18.0 Å². The maximum absolute atomic E-state index is 12.5. The van der Waals surface area contributed by atoms with E-state index >= 15 is 0 Å². The zero-order valence-electron chi connectivity index (χ0n) is 29.3. The minimum Gasteiger partial charge on any atom is -0.494 e. The number of halogens is 4. The number of hydrogen-bond acceptors (Lipinski definition) is 10. The Morgan fingerprint density at radius 2 is 1.81 bits per heavy atom. The second kappa shape index (κ2) is 17.2. The van der Waals surface area contributed by atoms with E-state index in [1.807, 2.05) is 35.4 Å². The van der Waals surface area contributed by atoms with Gasteiger partial charge < -0.3 is 30.7 Å². The lowest BCUT2D eigenvalue weighted by molar-refractivity contribution is -0.192. The number of anilines is 5. The van der Waals surface area contributed by atoms with Crippen LogP contribution >= 0.6 is 23.9 Å². The molecule has 0 unspecified atom stereocenters. The third kappa shape index (κ3) is 9.51. The molecule has 2 amide bonds. The molecule has 2 aromatic heterocycles. The second-order valence-corrected chi connectivity index (χ2v) is 15.1. The van der Waals surface area contributed by atoms with Crippen LogP contribution in [0.2, 0.25) is 0 Å². The molecule has 0 radical (unpaired) electrons. The highest BCUT2D eigenvalue weighted by molar-refractivity contribution is 9.10. The molecule has 4 aromatic rings. The highest BCUT2D eigenvalue weighted by Crippen LogP contribution is 2.38. The van der Waals surface area contributed by atoms with E-state index in [0.717, 1.165) is 70.2 Å². The molecular formula is C35H38BrF3N9O4P. The number of carbonyl (C=O) groups excluding carboxylic acids is 1. The minimum absolute atomic E-state index is 0.0869. The number of benzene rings is 2. The number of piperidine rings is 1. The highest BCUT2D eigenvalue weighted by Gasteiger charge is 2.38. The van der Waals surface area contributed by atoms with Crippen LogP contribution in [-0.2, 0) is 11.2 Å². The van der Waals surface area contributed by atoms with Gasteiger partial charge in [0.1, 0.15) is 11.6 Å². The van der Waals surface area contributed by atoms with E-state index in [1.54, 1.807) is 31.9 Å². The van der Waals surface area contributed by atoms with Gasteiger partial charge in [0.05, 0.1) is 28.3 Å². The Bertz CT molecular complexity index is 2030. The summed E-state index contributed by atoms with van der Waals surface area (Å²) >= 11 is 3.63. The Hall–Kier alpha value is -5.02. The number of alkyl halides is 3. The van der Waals surface area contributed by atoms with Gasteiger partial charge in [0, 0.05) is 72.9 Å². The largest absolute Gasteiger partial charge is 0.494 e. The van der Waals surface area contributed by atoms with Crippen molar-refractivity contribution in [2.24, 2.45) is 0 Å². The molecule has 2 aliphatic rings. The van der Waals surface area contributed by atoms with Crippen molar-refractivity contribution >= 4 is 81.0 Å². The first-order valence-corrected chi connectivity index (χ1v) is 19.5. The molecule has 18 heteroatoms. The van der Waals surface area contributed by atoms with Gasteiger partial charge in [-0.15, -0.1) is 0 Å². The standard InChI is InChI=1S/C33H37BrN9O2P.C2HF3O2/c1-5-21-18-26(28(45-2)19-27(21)42-16-10-22(11-17-42)43-15-7-6-12-37-33(43)44)40-32-38-20-23(34)31(41-32)39-25-9-8-24-29(30(25)46(3)4)36-14-13-35-24;3-2(4,5)1(6)7/h6-9,12-15,18-20,22H,5,10-11,16-17H2,1-4H3,(H,37,44)(H2,38,39,40,41);(H,6,7). The average Bonchev–Trinajstić information content (AvgIpc) is 3.36. The maximum atomic E-state index is 12.5. The number of aromatic nitrogens is 4. The fourth-order valence-corrected chi connectivity index (χ4v) is 7.43. The summed E-state index contributed by atoms with van der Waals surface area (Å²) in [6, 6.07) is 8.29. The van der Waals surface area contributed by atoms with E-state index in [0.29, 0.717) is 17.5 Å². The number of nitrogens with one attached hydrogen (secondary N) is 3. The number of amides is 2. The topological polar surface area (TPSA) is 158 Å². The molecule has 6 rings (SSSR count). The highest BCUT2D eigenvalue weighted by atomic mass is 79.9. The van der Waals surface area contributed by atoms with E-state index < -0.39 is 20.1 Å². The van der Waals surface area contributed by atoms with Crippen molar-refractivity contribution in [3.05, 3.63) is 77.4 Å². The number of ether oxygens (including phenoxy) is 1. The van der Waals surface area contributed by atoms with E-state index in [4.69, 9.17) is 19.6 Å². The molecule has 0 spiro atoms. The Morgan fingerprint density at radius 1 is 1.09 bits per heavy atom. The molecule has 1 fully saturated rings. The number of carbonyl (C=O) groups is 2. The van der Waals surface area contributed by atoms with Gasteiger partial charge in [0.15, 0.2) is 0 Å². The van der Waals surface area contributed by atoms with Crippen molar-refractivity contribution in [2.75, 3.05) is 49.1 Å². The SMILES string of the molecule is CCc1cc(Nc2ncc(Br)c(Nc3ccc4nccnc4c3P(C)C)n2)c(OC)cc1N1CCC(N2C=CC=CNC2=O)CC1.O=C(O)C(F)(F)F. The maximum Gasteiger partial charge on any atom is 0.490 e. The van der Waals surface area contributed by atoms with Gasteiger partial charge in [-0.1, -0.05) is 14.8 Å². The zero-order chi connectivity index (χ0) is 38.3. The predicted molar refractivity (Wildman–Crippen MR) is 204 cm³/mol. The van der Waals surface area contributed by atoms with Gasteiger partial charge in [-0.25, -0.2) is 14.6 Å². The lowest BCUT2D eigenvalue weighted by Gasteiger charge is -2.38. The number of hydrogen-bond donors (Lipinski definition) is 4. The number of carboxylic acid groups (broad SMARTS) is 1. The number of aliphatic carboxylic acids is 1. The molecule has 1 saturated heterocycles. The van der Waals surface area contributed by atoms with Gasteiger partial charge in [-0.2, -0.15) is 18.2 Å². The normalized spacial score (nSPS) is 14.8. The molecule has 0 aliphatic carbocycles. The molecule has 0 saturated carbocycles. The summed E-state index contributed by atoms with van der Waals surface area (Å²) in [5.41, 5.74) is 5.83. The zero-order valence-corrected chi connectivity index (χ0v) is 31.8. The molecule has 4 heterocycles. The van der Waals surface area contributed by atoms with Gasteiger partial charge in [-0.05, 0) is 84.4 Å². The quantitative estimate of drug-likeness (QED) is 0.126. The summed E-state index contributed by atoms with van der Waals surface area (Å²) in [7, 11) is 1.19. The van der Waals surface area contributed by atoms with Crippen molar-refractivity contribution in [3.8, 4) is 5.75 Å². The monoisotopic (exact) mass is 815 g/mol. The van der Waals surface area contributed by atoms with Crippen molar-refractivity contribution in [2.45, 2.75) is 38.4 Å². The van der Waals surface area contributed by atoms with E-state index in [2.05, 4.69) is 84.1 Å². The number of urea groups is 1. The Balaban J connectivity index is 0.000000705. The number of fused-ring (bicyclic) bond motifs is 1. The molecule has 53 heavy (non-hydrogen) atoms. The predicted octanol–water partition coefficient (Wildman–Crippen LogP) is 7.26. The number of carboxylic acids is 1. The van der Waals surface area contributed by atoms with Crippen LogP contribution < -0.4 is 30.9 Å². The summed E-state index contributed by atoms with van der Waals surface area (Å²) in [5, 5.41) is 18.0. The van der Waals surface area contributed by atoms with Crippen LogP contribution in [0.4, 0.5) is 46.8 Å². The second-order valence-electron chi connectivity index (χ2n) is 12.0. The summed E-state index contributed by atoms with van der Waals surface area (Å²) in [6.07, 6.45) is 9.95. The first-order chi connectivity index (χ1) is 25.3. The van der Waals surface area contributed by atoms with Crippen LogP contribution in [0, 0.1) is 0 Å². The fraction of sp³-hybridized carbons (Fsp3) is 0.314. The lowest BCUT2D eigenvalue weighted by Crippen LogP contribution is -2.47. The Morgan fingerprint density at radius 3 is 2.47 bits per heavy atom. The number of rotatable bonds is 9. The number of allylic oxidation sites excluding steroid dienone is 2. The van der Waals surface area contributed by atoms with Gasteiger partial charge in [-0.3, -0.25) is 14.9 Å². The number of methoxy groups -OCH3 is 1. The smallest absolute Gasteiger partial charge is 0.490 e. The third-order valence-corrected chi connectivity index (χ3v) is 10.4. The van der Waals surface area contributed by atoms with Crippen LogP contribution in [0.5, 0.6) is 5.75 Å².